The van der Waals surface area contributed by atoms with Crippen LogP contribution in [0.4, 0.5) is 11.5 Å². The van der Waals surface area contributed by atoms with Crippen LogP contribution in [0.2, 0.25) is 0 Å². The molecule has 0 saturated carbocycles. The summed E-state index contributed by atoms with van der Waals surface area (Å²) in [6, 6.07) is 14.9. The molecule has 4 heterocycles. The summed E-state index contributed by atoms with van der Waals surface area (Å²) in [5.41, 5.74) is 5.47. The second-order valence-electron chi connectivity index (χ2n) is 8.84. The Bertz CT molecular complexity index is 1110. The fourth-order valence-corrected chi connectivity index (χ4v) is 4.61. The largest absolute Gasteiger partial charge is 0.381 e. The quantitative estimate of drug-likeness (QED) is 0.467. The SMILES string of the molecule is CCC(=N)c1ccc(-c2ccnn2-c2ccc(N3CCNCC3)cc2)nc1NC1CCOCC1. The molecular weight excluding hydrogens is 426 g/mol. The van der Waals surface area contributed by atoms with Crippen molar-refractivity contribution < 1.29 is 4.74 Å². The first-order valence-electron chi connectivity index (χ1n) is 12.3. The summed E-state index contributed by atoms with van der Waals surface area (Å²) in [6.45, 7) is 7.62. The number of rotatable bonds is 7. The highest BCUT2D eigenvalue weighted by atomic mass is 16.5. The summed E-state index contributed by atoms with van der Waals surface area (Å²) in [6.07, 6.45) is 4.37. The third kappa shape index (κ3) is 4.83. The number of hydrogen-bond donors (Lipinski definition) is 3. The maximum absolute atomic E-state index is 8.43. The van der Waals surface area contributed by atoms with Crippen molar-refractivity contribution in [3.8, 4) is 17.1 Å². The summed E-state index contributed by atoms with van der Waals surface area (Å²) in [4.78, 5) is 7.39. The lowest BCUT2D eigenvalue weighted by molar-refractivity contribution is 0.0904. The van der Waals surface area contributed by atoms with Crippen LogP contribution >= 0.6 is 0 Å². The van der Waals surface area contributed by atoms with Crippen molar-refractivity contribution in [2.45, 2.75) is 32.2 Å². The minimum absolute atomic E-state index is 0.308. The molecule has 3 N–H and O–H groups in total. The molecule has 2 aromatic heterocycles. The first kappa shape index (κ1) is 22.6. The standard InChI is InChI=1S/C26H33N7O/c1-2-23(27)22-7-8-24(31-26(22)30-19-10-17-34-18-11-19)25-9-12-29-33(25)21-5-3-20(4-6-21)32-15-13-28-14-16-32/h3-9,12,19,27-28H,2,10-11,13-18H2,1H3,(H,30,31). The van der Waals surface area contributed by atoms with Gasteiger partial charge in [-0.3, -0.25) is 0 Å². The zero-order chi connectivity index (χ0) is 23.3. The first-order chi connectivity index (χ1) is 16.7. The average molecular weight is 460 g/mol. The van der Waals surface area contributed by atoms with Crippen LogP contribution in [-0.2, 0) is 4.74 Å². The van der Waals surface area contributed by atoms with E-state index in [1.165, 1.54) is 5.69 Å². The van der Waals surface area contributed by atoms with E-state index >= 15 is 0 Å². The topological polar surface area (TPSA) is 91.1 Å². The zero-order valence-corrected chi connectivity index (χ0v) is 19.8. The van der Waals surface area contributed by atoms with Gasteiger partial charge >= 0.3 is 0 Å². The average Bonchev–Trinajstić information content (AvgIpc) is 3.39. The van der Waals surface area contributed by atoms with Crippen LogP contribution < -0.4 is 15.5 Å². The molecule has 0 aliphatic carbocycles. The van der Waals surface area contributed by atoms with E-state index in [9.17, 15) is 0 Å². The number of pyridine rings is 1. The molecule has 1 aromatic carbocycles. The minimum Gasteiger partial charge on any atom is -0.381 e. The van der Waals surface area contributed by atoms with Gasteiger partial charge in [0.05, 0.1) is 23.3 Å². The summed E-state index contributed by atoms with van der Waals surface area (Å²) in [5, 5.41) is 20.0. The van der Waals surface area contributed by atoms with Crippen LogP contribution in [0.1, 0.15) is 31.7 Å². The molecule has 0 unspecified atom stereocenters. The van der Waals surface area contributed by atoms with Crippen LogP contribution in [0.3, 0.4) is 0 Å². The van der Waals surface area contributed by atoms with Gasteiger partial charge in [-0.2, -0.15) is 5.10 Å². The summed E-state index contributed by atoms with van der Waals surface area (Å²) >= 11 is 0. The Morgan fingerprint density at radius 1 is 1.06 bits per heavy atom. The van der Waals surface area contributed by atoms with E-state index in [0.29, 0.717) is 18.2 Å². The van der Waals surface area contributed by atoms with E-state index in [-0.39, 0.29) is 0 Å². The van der Waals surface area contributed by atoms with Crippen molar-refractivity contribution in [1.82, 2.24) is 20.1 Å². The van der Waals surface area contributed by atoms with Gasteiger partial charge in [-0.25, -0.2) is 9.67 Å². The van der Waals surface area contributed by atoms with Crippen molar-refractivity contribution >= 4 is 17.2 Å². The molecule has 2 aliphatic heterocycles. The number of anilines is 2. The second kappa shape index (κ2) is 10.4. The number of nitrogens with zero attached hydrogens (tertiary/aromatic N) is 4. The van der Waals surface area contributed by atoms with Crippen molar-refractivity contribution in [3.63, 3.8) is 0 Å². The van der Waals surface area contributed by atoms with Crippen LogP contribution in [0.25, 0.3) is 17.1 Å². The summed E-state index contributed by atoms with van der Waals surface area (Å²) in [7, 11) is 0. The molecule has 8 nitrogen and oxygen atoms in total. The lowest BCUT2D eigenvalue weighted by Crippen LogP contribution is -2.43. The van der Waals surface area contributed by atoms with Crippen LogP contribution in [0.5, 0.6) is 0 Å². The van der Waals surface area contributed by atoms with E-state index in [1.807, 2.05) is 36.0 Å². The van der Waals surface area contributed by atoms with E-state index in [4.69, 9.17) is 15.1 Å². The molecule has 8 heteroatoms. The molecule has 2 saturated heterocycles. The minimum atomic E-state index is 0.308. The zero-order valence-electron chi connectivity index (χ0n) is 19.8. The molecule has 0 spiro atoms. The Kier molecular flexibility index (Phi) is 6.87. The van der Waals surface area contributed by atoms with Gasteiger partial charge in [0.25, 0.3) is 0 Å². The van der Waals surface area contributed by atoms with Gasteiger partial charge in [-0.05, 0) is 61.7 Å². The van der Waals surface area contributed by atoms with Crippen LogP contribution in [-0.4, -0.2) is 65.9 Å². The highest BCUT2D eigenvalue weighted by Gasteiger charge is 2.19. The maximum atomic E-state index is 8.43. The Morgan fingerprint density at radius 3 is 2.53 bits per heavy atom. The number of benzene rings is 1. The van der Waals surface area contributed by atoms with E-state index in [0.717, 1.165) is 80.7 Å². The molecular formula is C26H33N7O. The Morgan fingerprint density at radius 2 is 1.79 bits per heavy atom. The maximum Gasteiger partial charge on any atom is 0.136 e. The van der Waals surface area contributed by atoms with Gasteiger partial charge in [0.1, 0.15) is 5.82 Å². The Labute approximate surface area is 200 Å². The third-order valence-corrected chi connectivity index (χ3v) is 6.62. The molecule has 2 fully saturated rings. The first-order valence-corrected chi connectivity index (χ1v) is 12.3. The molecule has 2 aliphatic rings. The number of ether oxygens (including phenoxy) is 1. The van der Waals surface area contributed by atoms with Gasteiger partial charge in [-0.1, -0.05) is 6.92 Å². The smallest absolute Gasteiger partial charge is 0.136 e. The normalized spacial score (nSPS) is 17.0. The van der Waals surface area contributed by atoms with Crippen molar-refractivity contribution in [2.75, 3.05) is 49.6 Å². The summed E-state index contributed by atoms with van der Waals surface area (Å²) in [5.74, 6) is 0.776. The molecule has 5 rings (SSSR count). The highest BCUT2D eigenvalue weighted by molar-refractivity contribution is 6.02. The van der Waals surface area contributed by atoms with E-state index < -0.39 is 0 Å². The molecule has 178 valence electrons. The number of aromatic nitrogens is 3. The predicted octanol–water partition coefficient (Wildman–Crippen LogP) is 3.71. The molecule has 0 atom stereocenters. The van der Waals surface area contributed by atoms with E-state index in [2.05, 4.69) is 44.9 Å². The number of hydrogen-bond acceptors (Lipinski definition) is 7. The van der Waals surface area contributed by atoms with Crippen LogP contribution in [0, 0.1) is 5.41 Å². The Hall–Kier alpha value is -3.23. The fraction of sp³-hybridized carbons (Fsp3) is 0.423. The van der Waals surface area contributed by atoms with Crippen LogP contribution in [0.15, 0.2) is 48.7 Å². The molecule has 0 amide bonds. The van der Waals surface area contributed by atoms with Crippen molar-refractivity contribution in [1.29, 1.82) is 5.41 Å². The number of nitrogens with one attached hydrogen (secondary N) is 3. The second-order valence-corrected chi connectivity index (χ2v) is 8.84. The lowest BCUT2D eigenvalue weighted by atomic mass is 10.1. The molecule has 3 aromatic rings. The van der Waals surface area contributed by atoms with Crippen molar-refractivity contribution in [3.05, 3.63) is 54.2 Å². The fourth-order valence-electron chi connectivity index (χ4n) is 4.61. The van der Waals surface area contributed by atoms with Gasteiger partial charge in [0, 0.05) is 62.4 Å². The molecule has 0 radical (unpaired) electrons. The van der Waals surface area contributed by atoms with Gasteiger partial charge in [0.2, 0.25) is 0 Å². The summed E-state index contributed by atoms with van der Waals surface area (Å²) < 4.78 is 7.45. The third-order valence-electron chi connectivity index (χ3n) is 6.62. The van der Waals surface area contributed by atoms with Gasteiger partial charge in [-0.15, -0.1) is 0 Å². The van der Waals surface area contributed by atoms with Gasteiger partial charge < -0.3 is 25.7 Å². The molecule has 0 bridgehead atoms. The Balaban J connectivity index is 1.43. The number of piperazine rings is 1. The van der Waals surface area contributed by atoms with Gasteiger partial charge in [0.15, 0.2) is 0 Å². The predicted molar refractivity (Wildman–Crippen MR) is 136 cm³/mol. The van der Waals surface area contributed by atoms with E-state index in [1.54, 1.807) is 0 Å². The van der Waals surface area contributed by atoms with Crippen molar-refractivity contribution in [2.24, 2.45) is 0 Å². The highest BCUT2D eigenvalue weighted by Crippen LogP contribution is 2.27. The lowest BCUT2D eigenvalue weighted by Gasteiger charge is -2.29. The monoisotopic (exact) mass is 459 g/mol. The molecule has 34 heavy (non-hydrogen) atoms.